The van der Waals surface area contributed by atoms with E-state index in [9.17, 15) is 4.39 Å². The van der Waals surface area contributed by atoms with E-state index in [1.54, 1.807) is 23.8 Å². The van der Waals surface area contributed by atoms with Gasteiger partial charge < -0.3 is 0 Å². The second kappa shape index (κ2) is 5.01. The van der Waals surface area contributed by atoms with Gasteiger partial charge in [-0.2, -0.15) is 0 Å². The van der Waals surface area contributed by atoms with Gasteiger partial charge in [-0.05, 0) is 18.2 Å². The number of nitrogens with two attached hydrogens (primary N) is 1. The van der Waals surface area contributed by atoms with Crippen molar-refractivity contribution in [2.75, 3.05) is 0 Å². The Morgan fingerprint density at radius 3 is 2.94 bits per heavy atom. The molecule has 0 spiro atoms. The SMILES string of the molecule is NNC(c1cncs1)c1cc(Br)ccc1F. The normalized spacial score (nSPS) is 12.7. The van der Waals surface area contributed by atoms with Gasteiger partial charge in [0.2, 0.25) is 0 Å². The van der Waals surface area contributed by atoms with Crippen LogP contribution in [0.15, 0.2) is 34.4 Å². The van der Waals surface area contributed by atoms with Gasteiger partial charge in [0.05, 0.1) is 11.6 Å². The first kappa shape index (κ1) is 11.7. The molecule has 0 saturated carbocycles. The zero-order chi connectivity index (χ0) is 11.5. The molecule has 2 rings (SSSR count). The van der Waals surface area contributed by atoms with Crippen molar-refractivity contribution in [3.05, 3.63) is 50.6 Å². The van der Waals surface area contributed by atoms with Crippen molar-refractivity contribution in [1.82, 2.24) is 10.4 Å². The third kappa shape index (κ3) is 2.30. The number of halogens is 2. The molecule has 0 aliphatic rings. The predicted octanol–water partition coefficient (Wildman–Crippen LogP) is 2.60. The Kier molecular flexibility index (Phi) is 3.65. The number of nitrogens with one attached hydrogen (secondary N) is 1. The van der Waals surface area contributed by atoms with Crippen LogP contribution in [0.4, 0.5) is 4.39 Å². The minimum atomic E-state index is -0.370. The number of hydrogen-bond donors (Lipinski definition) is 2. The molecule has 3 nitrogen and oxygen atoms in total. The van der Waals surface area contributed by atoms with Crippen molar-refractivity contribution in [3.8, 4) is 0 Å². The molecule has 16 heavy (non-hydrogen) atoms. The summed E-state index contributed by atoms with van der Waals surface area (Å²) in [5, 5.41) is 0. The average Bonchev–Trinajstić information content (AvgIpc) is 2.78. The van der Waals surface area contributed by atoms with Gasteiger partial charge in [-0.25, -0.2) is 9.82 Å². The van der Waals surface area contributed by atoms with Crippen LogP contribution >= 0.6 is 27.3 Å². The summed E-state index contributed by atoms with van der Waals surface area (Å²) in [4.78, 5) is 4.83. The lowest BCUT2D eigenvalue weighted by molar-refractivity contribution is 0.563. The number of benzene rings is 1. The zero-order valence-corrected chi connectivity index (χ0v) is 10.6. The van der Waals surface area contributed by atoms with Crippen molar-refractivity contribution in [1.29, 1.82) is 0 Å². The number of thiazole rings is 1. The maximum Gasteiger partial charge on any atom is 0.128 e. The molecule has 0 fully saturated rings. The van der Waals surface area contributed by atoms with E-state index >= 15 is 0 Å². The van der Waals surface area contributed by atoms with Crippen LogP contribution in [0, 0.1) is 5.82 Å². The molecule has 0 radical (unpaired) electrons. The van der Waals surface area contributed by atoms with Gasteiger partial charge in [0.25, 0.3) is 0 Å². The smallest absolute Gasteiger partial charge is 0.128 e. The number of hydrogen-bond acceptors (Lipinski definition) is 4. The Balaban J connectivity index is 2.44. The maximum atomic E-state index is 13.7. The number of nitrogens with zero attached hydrogens (tertiary/aromatic N) is 1. The van der Waals surface area contributed by atoms with E-state index in [1.807, 2.05) is 0 Å². The molecule has 0 amide bonds. The van der Waals surface area contributed by atoms with E-state index in [4.69, 9.17) is 5.84 Å². The molecule has 1 atom stereocenters. The molecule has 0 saturated heterocycles. The third-order valence-corrected chi connectivity index (χ3v) is 3.51. The van der Waals surface area contributed by atoms with Gasteiger partial charge in [-0.3, -0.25) is 10.8 Å². The van der Waals surface area contributed by atoms with Gasteiger partial charge in [-0.1, -0.05) is 15.9 Å². The fraction of sp³-hybridized carbons (Fsp3) is 0.100. The zero-order valence-electron chi connectivity index (χ0n) is 8.15. The standard InChI is InChI=1S/C10H9BrFN3S/c11-6-1-2-8(12)7(3-6)10(15-13)9-4-14-5-16-9/h1-5,10,15H,13H2. The Bertz CT molecular complexity index is 475. The summed E-state index contributed by atoms with van der Waals surface area (Å²) < 4.78 is 14.5. The first-order valence-corrected chi connectivity index (χ1v) is 6.19. The van der Waals surface area contributed by atoms with Gasteiger partial charge >= 0.3 is 0 Å². The Labute approximate surface area is 105 Å². The molecule has 6 heteroatoms. The summed E-state index contributed by atoms with van der Waals surface area (Å²) >= 11 is 4.74. The van der Waals surface area contributed by atoms with Crippen LogP contribution in [-0.4, -0.2) is 4.98 Å². The van der Waals surface area contributed by atoms with E-state index < -0.39 is 0 Å². The molecule has 1 unspecified atom stereocenters. The highest BCUT2D eigenvalue weighted by molar-refractivity contribution is 9.10. The van der Waals surface area contributed by atoms with Crippen molar-refractivity contribution < 1.29 is 4.39 Å². The second-order valence-electron chi connectivity index (χ2n) is 3.17. The lowest BCUT2D eigenvalue weighted by Crippen LogP contribution is -2.28. The summed E-state index contributed by atoms with van der Waals surface area (Å²) in [6.45, 7) is 0. The minimum absolute atomic E-state index is 0.292. The molecular formula is C10H9BrFN3S. The van der Waals surface area contributed by atoms with E-state index in [0.29, 0.717) is 5.56 Å². The van der Waals surface area contributed by atoms with E-state index in [1.165, 1.54) is 17.4 Å². The van der Waals surface area contributed by atoms with Crippen molar-refractivity contribution in [3.63, 3.8) is 0 Å². The average molecular weight is 302 g/mol. The molecule has 1 aromatic heterocycles. The molecule has 0 aliphatic carbocycles. The van der Waals surface area contributed by atoms with Crippen LogP contribution in [0.2, 0.25) is 0 Å². The molecule has 1 aromatic carbocycles. The van der Waals surface area contributed by atoms with Crippen LogP contribution in [0.5, 0.6) is 0 Å². The fourth-order valence-electron chi connectivity index (χ4n) is 1.43. The molecule has 84 valence electrons. The molecule has 0 bridgehead atoms. The van der Waals surface area contributed by atoms with Gasteiger partial charge in [0, 0.05) is 21.1 Å². The van der Waals surface area contributed by atoms with Crippen molar-refractivity contribution in [2.45, 2.75) is 6.04 Å². The van der Waals surface area contributed by atoms with Gasteiger partial charge in [0.1, 0.15) is 5.82 Å². The molecule has 1 heterocycles. The number of aromatic nitrogens is 1. The Morgan fingerprint density at radius 2 is 2.31 bits per heavy atom. The molecule has 2 aromatic rings. The number of rotatable bonds is 3. The minimum Gasteiger partial charge on any atom is -0.271 e. The second-order valence-corrected chi connectivity index (χ2v) is 5.00. The lowest BCUT2D eigenvalue weighted by Gasteiger charge is -2.15. The van der Waals surface area contributed by atoms with Crippen LogP contribution in [0.1, 0.15) is 16.5 Å². The first-order chi connectivity index (χ1) is 7.72. The molecule has 3 N–H and O–H groups in total. The lowest BCUT2D eigenvalue weighted by atomic mass is 10.1. The van der Waals surface area contributed by atoms with Crippen molar-refractivity contribution >= 4 is 27.3 Å². The monoisotopic (exact) mass is 301 g/mol. The van der Waals surface area contributed by atoms with Crippen LogP contribution in [0.3, 0.4) is 0 Å². The topological polar surface area (TPSA) is 50.9 Å². The van der Waals surface area contributed by atoms with E-state index in [2.05, 4.69) is 26.3 Å². The van der Waals surface area contributed by atoms with Gasteiger partial charge in [-0.15, -0.1) is 11.3 Å². The highest BCUT2D eigenvalue weighted by Gasteiger charge is 2.18. The number of hydrazine groups is 1. The van der Waals surface area contributed by atoms with Crippen LogP contribution in [0.25, 0.3) is 0 Å². The fourth-order valence-corrected chi connectivity index (χ4v) is 2.50. The summed E-state index contributed by atoms with van der Waals surface area (Å²) in [7, 11) is 0. The quantitative estimate of drug-likeness (QED) is 0.677. The summed E-state index contributed by atoms with van der Waals surface area (Å²) in [5.41, 5.74) is 4.79. The third-order valence-electron chi connectivity index (χ3n) is 2.17. The Hall–Kier alpha value is -0.820. The van der Waals surface area contributed by atoms with E-state index in [0.717, 1.165) is 9.35 Å². The van der Waals surface area contributed by atoms with Crippen molar-refractivity contribution in [2.24, 2.45) is 5.84 Å². The highest BCUT2D eigenvalue weighted by atomic mass is 79.9. The van der Waals surface area contributed by atoms with E-state index in [-0.39, 0.29) is 11.9 Å². The van der Waals surface area contributed by atoms with Crippen LogP contribution < -0.4 is 11.3 Å². The predicted molar refractivity (Wildman–Crippen MR) is 65.4 cm³/mol. The highest BCUT2D eigenvalue weighted by Crippen LogP contribution is 2.28. The molecule has 0 aliphatic heterocycles. The summed E-state index contributed by atoms with van der Waals surface area (Å²) in [6.07, 6.45) is 1.68. The largest absolute Gasteiger partial charge is 0.271 e. The van der Waals surface area contributed by atoms with Gasteiger partial charge in [0.15, 0.2) is 0 Å². The summed E-state index contributed by atoms with van der Waals surface area (Å²) in [5.74, 6) is 5.17. The first-order valence-electron chi connectivity index (χ1n) is 4.52. The maximum absolute atomic E-state index is 13.7. The summed E-state index contributed by atoms with van der Waals surface area (Å²) in [6, 6.07) is 4.40. The Morgan fingerprint density at radius 1 is 1.50 bits per heavy atom. The molecular weight excluding hydrogens is 293 g/mol. The van der Waals surface area contributed by atoms with Crippen LogP contribution in [-0.2, 0) is 0 Å².